The molecule has 7 heteroatoms. The largest absolute Gasteiger partial charge is 0.276 e. The van der Waals surface area contributed by atoms with E-state index in [1.807, 2.05) is 46.9 Å². The number of hydrogen-bond acceptors (Lipinski definition) is 5. The van der Waals surface area contributed by atoms with Crippen molar-refractivity contribution >= 4 is 28.4 Å². The molecule has 0 unspecified atom stereocenters. The zero-order chi connectivity index (χ0) is 18.1. The van der Waals surface area contributed by atoms with E-state index in [1.54, 1.807) is 22.5 Å². The molecule has 0 bridgehead atoms. The number of pyridine rings is 1. The second-order valence-electron chi connectivity index (χ2n) is 6.55. The number of benzene rings is 1. The highest BCUT2D eigenvalue weighted by atomic mass is 32.2. The van der Waals surface area contributed by atoms with E-state index in [0.717, 1.165) is 16.4 Å². The van der Waals surface area contributed by atoms with E-state index in [4.69, 9.17) is 0 Å². The molecule has 0 atom stereocenters. The number of para-hydroxylation sites is 1. The average Bonchev–Trinajstić information content (AvgIpc) is 3.08. The fourth-order valence-electron chi connectivity index (χ4n) is 2.98. The van der Waals surface area contributed by atoms with Crippen molar-refractivity contribution in [3.63, 3.8) is 0 Å². The van der Waals surface area contributed by atoms with Crippen LogP contribution in [-0.2, 0) is 12.3 Å². The highest BCUT2D eigenvalue weighted by Crippen LogP contribution is 2.24. The van der Waals surface area contributed by atoms with E-state index >= 15 is 0 Å². The summed E-state index contributed by atoms with van der Waals surface area (Å²) in [7, 11) is 0. The summed E-state index contributed by atoms with van der Waals surface area (Å²) in [6, 6.07) is 13.5. The van der Waals surface area contributed by atoms with E-state index in [-0.39, 0.29) is 5.56 Å². The Morgan fingerprint density at radius 2 is 1.88 bits per heavy atom. The number of fused-ring (bicyclic) bond motifs is 3. The van der Waals surface area contributed by atoms with Crippen molar-refractivity contribution in [3.05, 3.63) is 64.7 Å². The molecule has 0 N–H and O–H groups in total. The summed E-state index contributed by atoms with van der Waals surface area (Å²) < 4.78 is 3.71. The third-order valence-corrected chi connectivity index (χ3v) is 5.06. The Hall–Kier alpha value is -2.67. The molecule has 6 nitrogen and oxygen atoms in total. The highest BCUT2D eigenvalue weighted by Gasteiger charge is 2.17. The van der Waals surface area contributed by atoms with E-state index < -0.39 is 0 Å². The lowest BCUT2D eigenvalue weighted by Gasteiger charge is -2.12. The lowest BCUT2D eigenvalue weighted by atomic mass is 10.2. The number of nitrogens with zero attached hydrogens (tertiary/aromatic N) is 5. The van der Waals surface area contributed by atoms with Gasteiger partial charge in [0.05, 0.1) is 16.6 Å². The van der Waals surface area contributed by atoms with Crippen molar-refractivity contribution < 1.29 is 0 Å². The van der Waals surface area contributed by atoms with Crippen molar-refractivity contribution in [2.24, 2.45) is 5.92 Å². The standard InChI is InChI=1S/C19H19N5OS/c1-13(2)11-23-17(25)15-8-3-4-9-16(15)24-18(23)21-22-19(24)26-12-14-7-5-6-10-20-14/h3-10,13H,11-12H2,1-2H3. The molecule has 132 valence electrons. The van der Waals surface area contributed by atoms with Crippen LogP contribution in [0, 0.1) is 5.92 Å². The topological polar surface area (TPSA) is 65.1 Å². The van der Waals surface area contributed by atoms with Crippen molar-refractivity contribution in [1.82, 2.24) is 24.1 Å². The van der Waals surface area contributed by atoms with Gasteiger partial charge in [-0.15, -0.1) is 10.2 Å². The minimum atomic E-state index is -0.0181. The number of aromatic nitrogens is 5. The minimum absolute atomic E-state index is 0.0181. The summed E-state index contributed by atoms with van der Waals surface area (Å²) in [5, 5.41) is 10.1. The first-order valence-corrected chi connectivity index (χ1v) is 9.53. The molecular formula is C19H19N5OS. The number of thioether (sulfide) groups is 1. The summed E-state index contributed by atoms with van der Waals surface area (Å²) in [5.74, 6) is 1.61. The fourth-order valence-corrected chi connectivity index (χ4v) is 3.83. The maximum Gasteiger partial charge on any atom is 0.262 e. The molecule has 0 spiro atoms. The Balaban J connectivity index is 1.87. The van der Waals surface area contributed by atoms with Crippen LogP contribution in [0.3, 0.4) is 0 Å². The van der Waals surface area contributed by atoms with Gasteiger partial charge in [-0.3, -0.25) is 18.7 Å². The molecule has 4 rings (SSSR count). The van der Waals surface area contributed by atoms with Crippen LogP contribution in [-0.4, -0.2) is 24.1 Å². The molecule has 26 heavy (non-hydrogen) atoms. The van der Waals surface area contributed by atoms with E-state index in [0.29, 0.717) is 29.4 Å². The van der Waals surface area contributed by atoms with Crippen molar-refractivity contribution in [1.29, 1.82) is 0 Å². The second kappa shape index (κ2) is 6.92. The number of hydrogen-bond donors (Lipinski definition) is 0. The predicted molar refractivity (Wildman–Crippen MR) is 103 cm³/mol. The van der Waals surface area contributed by atoms with Crippen LogP contribution in [0.4, 0.5) is 0 Å². The van der Waals surface area contributed by atoms with Crippen molar-refractivity contribution in [2.45, 2.75) is 31.3 Å². The van der Waals surface area contributed by atoms with E-state index in [1.165, 1.54) is 0 Å². The molecule has 0 aliphatic rings. The first-order chi connectivity index (χ1) is 12.6. The molecular weight excluding hydrogens is 346 g/mol. The molecule has 0 saturated carbocycles. The smallest absolute Gasteiger partial charge is 0.262 e. The van der Waals surface area contributed by atoms with Gasteiger partial charge in [-0.2, -0.15) is 0 Å². The fraction of sp³-hybridized carbons (Fsp3) is 0.263. The lowest BCUT2D eigenvalue weighted by molar-refractivity contribution is 0.517. The molecule has 0 aliphatic carbocycles. The molecule has 0 radical (unpaired) electrons. The van der Waals surface area contributed by atoms with Crippen LogP contribution in [0.25, 0.3) is 16.7 Å². The third-order valence-electron chi connectivity index (χ3n) is 4.10. The first kappa shape index (κ1) is 16.8. The molecule has 1 aromatic carbocycles. The van der Waals surface area contributed by atoms with Gasteiger partial charge in [0.15, 0.2) is 5.16 Å². The van der Waals surface area contributed by atoms with Crippen LogP contribution >= 0.6 is 11.8 Å². The predicted octanol–water partition coefficient (Wildman–Crippen LogP) is 3.39. The lowest BCUT2D eigenvalue weighted by Crippen LogP contribution is -2.25. The Kier molecular flexibility index (Phi) is 4.46. The van der Waals surface area contributed by atoms with E-state index in [2.05, 4.69) is 29.0 Å². The van der Waals surface area contributed by atoms with Gasteiger partial charge in [0, 0.05) is 18.5 Å². The third kappa shape index (κ3) is 2.99. The van der Waals surface area contributed by atoms with Crippen LogP contribution in [0.5, 0.6) is 0 Å². The molecule has 0 amide bonds. The van der Waals surface area contributed by atoms with Crippen LogP contribution in [0.15, 0.2) is 58.6 Å². The molecule has 3 heterocycles. The molecule has 0 aliphatic heterocycles. The Morgan fingerprint density at radius 1 is 1.08 bits per heavy atom. The van der Waals surface area contributed by atoms with Gasteiger partial charge < -0.3 is 0 Å². The van der Waals surface area contributed by atoms with Crippen LogP contribution in [0.1, 0.15) is 19.5 Å². The zero-order valence-electron chi connectivity index (χ0n) is 14.7. The zero-order valence-corrected chi connectivity index (χ0v) is 15.5. The summed E-state index contributed by atoms with van der Waals surface area (Å²) in [6.45, 7) is 4.78. The molecule has 0 fully saturated rings. The van der Waals surface area contributed by atoms with Gasteiger partial charge in [0.2, 0.25) is 5.78 Å². The van der Waals surface area contributed by atoms with Gasteiger partial charge in [-0.25, -0.2) is 0 Å². The van der Waals surface area contributed by atoms with Crippen molar-refractivity contribution in [2.75, 3.05) is 0 Å². The van der Waals surface area contributed by atoms with Gasteiger partial charge in [0.25, 0.3) is 5.56 Å². The quantitative estimate of drug-likeness (QED) is 0.507. The Morgan fingerprint density at radius 3 is 2.65 bits per heavy atom. The maximum atomic E-state index is 12.9. The molecule has 4 aromatic rings. The highest BCUT2D eigenvalue weighted by molar-refractivity contribution is 7.98. The summed E-state index contributed by atoms with van der Waals surface area (Å²) in [5.41, 5.74) is 1.80. The SMILES string of the molecule is CC(C)Cn1c(=O)c2ccccc2n2c(SCc3ccccn3)nnc12. The first-order valence-electron chi connectivity index (χ1n) is 8.54. The summed E-state index contributed by atoms with van der Waals surface area (Å²) in [4.78, 5) is 17.3. The minimum Gasteiger partial charge on any atom is -0.276 e. The van der Waals surface area contributed by atoms with Gasteiger partial charge in [0.1, 0.15) is 0 Å². The number of rotatable bonds is 5. The maximum absolute atomic E-state index is 12.9. The van der Waals surface area contributed by atoms with Crippen LogP contribution in [0.2, 0.25) is 0 Å². The van der Waals surface area contributed by atoms with Gasteiger partial charge in [-0.1, -0.05) is 43.8 Å². The average molecular weight is 365 g/mol. The monoisotopic (exact) mass is 365 g/mol. The molecule has 0 saturated heterocycles. The molecule has 3 aromatic heterocycles. The summed E-state index contributed by atoms with van der Waals surface area (Å²) >= 11 is 1.57. The second-order valence-corrected chi connectivity index (χ2v) is 7.50. The van der Waals surface area contributed by atoms with Gasteiger partial charge >= 0.3 is 0 Å². The normalized spacial score (nSPS) is 11.7. The van der Waals surface area contributed by atoms with Gasteiger partial charge in [-0.05, 0) is 30.2 Å². The van der Waals surface area contributed by atoms with Crippen molar-refractivity contribution in [3.8, 4) is 0 Å². The van der Waals surface area contributed by atoms with Crippen LogP contribution < -0.4 is 5.56 Å². The summed E-state index contributed by atoms with van der Waals surface area (Å²) in [6.07, 6.45) is 1.79. The Bertz CT molecular complexity index is 1120. The van der Waals surface area contributed by atoms with E-state index in [9.17, 15) is 4.79 Å². The Labute approximate surface area is 154 Å².